The molecule has 5 aliphatic heterocycles. The zero-order valence-corrected chi connectivity index (χ0v) is 18.7. The second-order valence-corrected chi connectivity index (χ2v) is 8.73. The highest BCUT2D eigenvalue weighted by Crippen LogP contribution is 2.37. The van der Waals surface area contributed by atoms with Crippen LogP contribution in [0, 0.1) is 0 Å². The van der Waals surface area contributed by atoms with Crippen molar-refractivity contribution in [3.8, 4) is 0 Å². The van der Waals surface area contributed by atoms with Crippen molar-refractivity contribution in [2.24, 2.45) is 15.0 Å². The Balaban J connectivity index is 1.47. The topological polar surface area (TPSA) is 74.9 Å². The van der Waals surface area contributed by atoms with Gasteiger partial charge in [-0.25, -0.2) is 9.98 Å². The minimum absolute atomic E-state index is 0.146. The van der Waals surface area contributed by atoms with Gasteiger partial charge in [0, 0.05) is 18.0 Å². The number of allylic oxidation sites excluding steroid dienone is 7. The van der Waals surface area contributed by atoms with Crippen molar-refractivity contribution in [3.63, 3.8) is 0 Å². The maximum absolute atomic E-state index is 4.99. The molecule has 0 radical (unpaired) electrons. The first-order chi connectivity index (χ1) is 17.3. The van der Waals surface area contributed by atoms with Gasteiger partial charge in [-0.15, -0.1) is 0 Å². The molecule has 0 spiro atoms. The summed E-state index contributed by atoms with van der Waals surface area (Å²) in [5, 5.41) is 3.84. The zero-order valence-electron chi connectivity index (χ0n) is 18.7. The molecule has 1 N–H and O–H groups in total. The second kappa shape index (κ2) is 7.75. The van der Waals surface area contributed by atoms with Crippen LogP contribution in [0.25, 0.3) is 5.57 Å². The molecule has 0 fully saturated rings. The van der Waals surface area contributed by atoms with Gasteiger partial charge in [0.15, 0.2) is 0 Å². The van der Waals surface area contributed by atoms with Crippen molar-refractivity contribution < 1.29 is 0 Å². The van der Waals surface area contributed by atoms with E-state index in [-0.39, 0.29) is 6.04 Å². The lowest BCUT2D eigenvalue weighted by Gasteiger charge is -2.30. The largest absolute Gasteiger partial charge is 0.287 e. The number of pyridine rings is 2. The first kappa shape index (κ1) is 19.9. The van der Waals surface area contributed by atoms with E-state index in [0.29, 0.717) is 0 Å². The Kier molecular flexibility index (Phi) is 4.40. The molecule has 166 valence electrons. The summed E-state index contributed by atoms with van der Waals surface area (Å²) in [6.07, 6.45) is 24.1. The molecule has 0 saturated heterocycles. The third-order valence-corrected chi connectivity index (χ3v) is 6.52. The fraction of sp³-hybridized carbons (Fsp3) is 0.0690. The van der Waals surface area contributed by atoms with E-state index >= 15 is 0 Å². The Hall–Kier alpha value is -4.55. The lowest BCUT2D eigenvalue weighted by atomic mass is 9.90. The number of nitrogens with one attached hydrogen (secondary N) is 1. The predicted molar refractivity (Wildman–Crippen MR) is 139 cm³/mol. The van der Waals surface area contributed by atoms with E-state index in [1.54, 1.807) is 0 Å². The highest BCUT2D eigenvalue weighted by molar-refractivity contribution is 6.13. The monoisotopic (exact) mass is 452 g/mol. The summed E-state index contributed by atoms with van der Waals surface area (Å²) in [6.45, 7) is 0. The van der Waals surface area contributed by atoms with E-state index in [1.807, 2.05) is 91.3 Å². The van der Waals surface area contributed by atoms with Crippen LogP contribution >= 0.6 is 0 Å². The summed E-state index contributed by atoms with van der Waals surface area (Å²) in [7, 11) is 0. The number of rotatable bonds is 2. The van der Waals surface area contributed by atoms with Crippen LogP contribution in [0.1, 0.15) is 11.4 Å². The molecule has 2 aromatic heterocycles. The number of nitrogens with zero attached hydrogens (tertiary/aromatic N) is 5. The van der Waals surface area contributed by atoms with Crippen LogP contribution in [0.2, 0.25) is 0 Å². The molecule has 0 amide bonds. The maximum atomic E-state index is 4.99. The Labute approximate surface area is 202 Å². The molecular weight excluding hydrogens is 432 g/mol. The molecule has 7 rings (SSSR count). The summed E-state index contributed by atoms with van der Waals surface area (Å²) < 4.78 is 0. The summed E-state index contributed by atoms with van der Waals surface area (Å²) in [6, 6.07) is 11.8. The molecule has 6 nitrogen and oxygen atoms in total. The predicted octanol–water partition coefficient (Wildman–Crippen LogP) is 4.43. The number of fused-ring (bicyclic) bond motifs is 6. The highest BCUT2D eigenvalue weighted by atomic mass is 15.1. The van der Waals surface area contributed by atoms with Gasteiger partial charge in [0.1, 0.15) is 5.54 Å². The Morgan fingerprint density at radius 2 is 1.49 bits per heavy atom. The number of aromatic nitrogens is 2. The summed E-state index contributed by atoms with van der Waals surface area (Å²) in [4.78, 5) is 24.1. The normalized spacial score (nSPS) is 25.7. The molecule has 5 aliphatic rings. The van der Waals surface area contributed by atoms with E-state index in [0.717, 1.165) is 51.2 Å². The minimum Gasteiger partial charge on any atom is -0.287 e. The average Bonchev–Trinajstić information content (AvgIpc) is 3.70. The third kappa shape index (κ3) is 3.34. The molecular formula is C29H20N6. The van der Waals surface area contributed by atoms with Crippen molar-refractivity contribution in [1.29, 1.82) is 0 Å². The smallest absolute Gasteiger partial charge is 0.123 e. The van der Waals surface area contributed by atoms with Crippen molar-refractivity contribution in [3.05, 3.63) is 138 Å². The number of hydrogen-bond acceptors (Lipinski definition) is 6. The van der Waals surface area contributed by atoms with Crippen molar-refractivity contribution in [2.45, 2.75) is 11.6 Å². The van der Waals surface area contributed by atoms with Gasteiger partial charge in [-0.3, -0.25) is 20.3 Å². The van der Waals surface area contributed by atoms with Crippen LogP contribution in [0.15, 0.2) is 142 Å². The first-order valence-electron chi connectivity index (χ1n) is 11.6. The fourth-order valence-electron chi connectivity index (χ4n) is 4.91. The third-order valence-electron chi connectivity index (χ3n) is 6.52. The quantitative estimate of drug-likeness (QED) is 0.686. The van der Waals surface area contributed by atoms with Crippen molar-refractivity contribution in [1.82, 2.24) is 15.3 Å². The van der Waals surface area contributed by atoms with Gasteiger partial charge < -0.3 is 0 Å². The molecule has 7 heterocycles. The lowest BCUT2D eigenvalue weighted by Crippen LogP contribution is -2.48. The van der Waals surface area contributed by atoms with Crippen LogP contribution in [0.4, 0.5) is 0 Å². The molecule has 0 saturated carbocycles. The Morgan fingerprint density at radius 3 is 2.31 bits per heavy atom. The van der Waals surface area contributed by atoms with Crippen LogP contribution < -0.4 is 5.32 Å². The molecule has 6 heteroatoms. The van der Waals surface area contributed by atoms with E-state index in [2.05, 4.69) is 28.5 Å². The number of aliphatic imine (C=N–C) groups is 3. The standard InChI is InChI=1S/C29H20N6/c1-3-15-30-23(5-1)28-24-11-9-21(33-24)17-19-7-8-20(32-19)18-22-10-12-27(34-22)29(14-13-25(28)35-29)26-6-2-4-16-31-26/h1-18,25,35H. The highest BCUT2D eigenvalue weighted by Gasteiger charge is 2.43. The molecule has 0 aliphatic carbocycles. The van der Waals surface area contributed by atoms with E-state index < -0.39 is 5.54 Å². The fourth-order valence-corrected chi connectivity index (χ4v) is 4.91. The van der Waals surface area contributed by atoms with Gasteiger partial charge in [0.25, 0.3) is 0 Å². The minimum atomic E-state index is -0.690. The first-order valence-corrected chi connectivity index (χ1v) is 11.6. The van der Waals surface area contributed by atoms with E-state index in [4.69, 9.17) is 20.0 Å². The van der Waals surface area contributed by atoms with Gasteiger partial charge >= 0.3 is 0 Å². The molecule has 2 atom stereocenters. The van der Waals surface area contributed by atoms with E-state index in [9.17, 15) is 0 Å². The Bertz CT molecular complexity index is 1540. The summed E-state index contributed by atoms with van der Waals surface area (Å²) >= 11 is 0. The lowest BCUT2D eigenvalue weighted by molar-refractivity contribution is 0.556. The summed E-state index contributed by atoms with van der Waals surface area (Å²) in [5.74, 6) is 0. The van der Waals surface area contributed by atoms with Crippen LogP contribution in [0.3, 0.4) is 0 Å². The van der Waals surface area contributed by atoms with E-state index in [1.165, 1.54) is 0 Å². The second-order valence-electron chi connectivity index (χ2n) is 8.73. The molecule has 35 heavy (non-hydrogen) atoms. The maximum Gasteiger partial charge on any atom is 0.123 e. The van der Waals surface area contributed by atoms with Crippen molar-refractivity contribution in [2.75, 3.05) is 0 Å². The molecule has 0 aromatic carbocycles. The van der Waals surface area contributed by atoms with Gasteiger partial charge in [-0.2, -0.15) is 0 Å². The molecule has 2 unspecified atom stereocenters. The SMILES string of the molecule is C1=CC2=NC1=CC1=NC(=C(c3ccccn3)C3C=CC(c4ccccn4)(N3)C3=NC(=C2)C=C3)C=C1. The van der Waals surface area contributed by atoms with Crippen LogP contribution in [-0.2, 0) is 5.54 Å². The van der Waals surface area contributed by atoms with Crippen LogP contribution in [-0.4, -0.2) is 33.1 Å². The van der Waals surface area contributed by atoms with Gasteiger partial charge in [0.05, 0.1) is 51.7 Å². The van der Waals surface area contributed by atoms with Gasteiger partial charge in [-0.05, 0) is 72.9 Å². The van der Waals surface area contributed by atoms with Gasteiger partial charge in [-0.1, -0.05) is 24.3 Å². The van der Waals surface area contributed by atoms with Crippen LogP contribution in [0.5, 0.6) is 0 Å². The number of hydrogen-bond donors (Lipinski definition) is 1. The van der Waals surface area contributed by atoms with Gasteiger partial charge in [0.2, 0.25) is 0 Å². The van der Waals surface area contributed by atoms with Crippen molar-refractivity contribution >= 4 is 22.7 Å². The molecule has 8 bridgehead atoms. The zero-order chi connectivity index (χ0) is 23.2. The summed E-state index contributed by atoms with van der Waals surface area (Å²) in [5.41, 5.74) is 7.27. The Morgan fingerprint density at radius 1 is 0.714 bits per heavy atom. The molecule has 2 aromatic rings. The average molecular weight is 453 g/mol.